The van der Waals surface area contributed by atoms with Gasteiger partial charge in [0, 0.05) is 41.6 Å². The van der Waals surface area contributed by atoms with Crippen LogP contribution in [0.25, 0.3) is 0 Å². The minimum atomic E-state index is -4.57. The fourth-order valence-electron chi connectivity index (χ4n) is 4.09. The number of hydrogen-bond donors (Lipinski definition) is 2. The van der Waals surface area contributed by atoms with Crippen molar-refractivity contribution < 1.29 is 13.2 Å². The number of pyridine rings is 1. The molecule has 1 aromatic heterocycles. The Bertz CT molecular complexity index is 716. The SMILES string of the molecule is CCC(C)N=C(CC(=N)c1cnc(N)c(C(F)(F)F)c1)C1C2CCCC21. The number of hydrogen-bond acceptors (Lipinski definition) is 4. The Morgan fingerprint density at radius 3 is 2.62 bits per heavy atom. The van der Waals surface area contributed by atoms with Crippen molar-refractivity contribution in [2.24, 2.45) is 22.7 Å². The van der Waals surface area contributed by atoms with Crippen molar-refractivity contribution in [1.82, 2.24) is 4.98 Å². The van der Waals surface area contributed by atoms with Crippen LogP contribution in [0.1, 0.15) is 57.1 Å². The Morgan fingerprint density at radius 2 is 2.04 bits per heavy atom. The third-order valence-corrected chi connectivity index (χ3v) is 5.70. The third kappa shape index (κ3) is 3.76. The van der Waals surface area contributed by atoms with Crippen LogP contribution in [-0.2, 0) is 6.18 Å². The average molecular weight is 366 g/mol. The van der Waals surface area contributed by atoms with Gasteiger partial charge in [-0.1, -0.05) is 13.3 Å². The molecule has 4 nitrogen and oxygen atoms in total. The number of alkyl halides is 3. The number of rotatable bonds is 6. The normalized spacial score (nSPS) is 26.5. The molecule has 1 heterocycles. The minimum Gasteiger partial charge on any atom is -0.383 e. The average Bonchev–Trinajstić information content (AvgIpc) is 3.04. The molecule has 3 unspecified atom stereocenters. The van der Waals surface area contributed by atoms with Gasteiger partial charge in [-0.05, 0) is 44.1 Å². The molecule has 2 aliphatic rings. The molecule has 0 amide bonds. The van der Waals surface area contributed by atoms with Crippen LogP contribution in [0.5, 0.6) is 0 Å². The molecular formula is C19H25F3N4. The summed E-state index contributed by atoms with van der Waals surface area (Å²) in [6.45, 7) is 4.10. The van der Waals surface area contributed by atoms with E-state index in [-0.39, 0.29) is 23.7 Å². The third-order valence-electron chi connectivity index (χ3n) is 5.70. The zero-order valence-electron chi connectivity index (χ0n) is 15.1. The molecule has 0 bridgehead atoms. The Morgan fingerprint density at radius 1 is 1.38 bits per heavy atom. The molecule has 26 heavy (non-hydrogen) atoms. The summed E-state index contributed by atoms with van der Waals surface area (Å²) in [7, 11) is 0. The number of fused-ring (bicyclic) bond motifs is 1. The Kier molecular flexibility index (Phi) is 5.08. The van der Waals surface area contributed by atoms with Gasteiger partial charge in [-0.2, -0.15) is 13.2 Å². The van der Waals surface area contributed by atoms with E-state index in [2.05, 4.69) is 11.9 Å². The predicted molar refractivity (Wildman–Crippen MR) is 96.6 cm³/mol. The van der Waals surface area contributed by atoms with Crippen molar-refractivity contribution in [3.8, 4) is 0 Å². The Labute approximate surface area is 151 Å². The highest BCUT2D eigenvalue weighted by Crippen LogP contribution is 2.58. The van der Waals surface area contributed by atoms with Gasteiger partial charge in [0.2, 0.25) is 0 Å². The quantitative estimate of drug-likeness (QED) is 0.715. The van der Waals surface area contributed by atoms with E-state index in [0.29, 0.717) is 17.8 Å². The molecule has 3 N–H and O–H groups in total. The highest BCUT2D eigenvalue weighted by molar-refractivity contribution is 6.12. The van der Waals surface area contributed by atoms with Crippen LogP contribution < -0.4 is 5.73 Å². The smallest absolute Gasteiger partial charge is 0.383 e. The van der Waals surface area contributed by atoms with Gasteiger partial charge in [0.1, 0.15) is 5.82 Å². The Balaban J connectivity index is 1.81. The van der Waals surface area contributed by atoms with E-state index in [1.807, 2.05) is 6.92 Å². The van der Waals surface area contributed by atoms with E-state index < -0.39 is 17.6 Å². The lowest BCUT2D eigenvalue weighted by atomic mass is 9.98. The standard InChI is InChI=1S/C19H25F3N4/c1-3-10(2)26-16(17-12-5-4-6-13(12)17)8-15(23)11-7-14(19(20,21)22)18(24)25-9-11/h7,9-10,12-13,17,23H,3-6,8H2,1-2H3,(H2,24,25). The molecular weight excluding hydrogens is 341 g/mol. The van der Waals surface area contributed by atoms with Crippen molar-refractivity contribution in [3.05, 3.63) is 23.4 Å². The van der Waals surface area contributed by atoms with Gasteiger partial charge < -0.3 is 11.1 Å². The molecule has 142 valence electrons. The number of aliphatic imine (C=N–C) groups is 1. The highest BCUT2D eigenvalue weighted by Gasteiger charge is 2.54. The molecule has 0 aromatic carbocycles. The molecule has 2 aliphatic carbocycles. The number of halogens is 3. The number of anilines is 1. The molecule has 3 rings (SSSR count). The minimum absolute atomic E-state index is 0.120. The molecule has 0 aliphatic heterocycles. The Hall–Kier alpha value is -1.92. The second kappa shape index (κ2) is 7.00. The maximum atomic E-state index is 13.1. The van der Waals surface area contributed by atoms with Crippen LogP contribution >= 0.6 is 0 Å². The fraction of sp³-hybridized carbons (Fsp3) is 0.632. The first-order valence-corrected chi connectivity index (χ1v) is 9.19. The lowest BCUT2D eigenvalue weighted by molar-refractivity contribution is -0.137. The number of nitrogen functional groups attached to an aromatic ring is 1. The van der Waals surface area contributed by atoms with Gasteiger partial charge in [-0.25, -0.2) is 4.98 Å². The summed E-state index contributed by atoms with van der Waals surface area (Å²) in [6, 6.07) is 1.09. The second-order valence-electron chi connectivity index (χ2n) is 7.47. The van der Waals surface area contributed by atoms with Gasteiger partial charge in [0.15, 0.2) is 0 Å². The first kappa shape index (κ1) is 18.9. The van der Waals surface area contributed by atoms with Gasteiger partial charge in [-0.15, -0.1) is 0 Å². The number of nitrogens with one attached hydrogen (secondary N) is 1. The van der Waals surface area contributed by atoms with Gasteiger partial charge in [-0.3, -0.25) is 4.99 Å². The van der Waals surface area contributed by atoms with E-state index >= 15 is 0 Å². The topological polar surface area (TPSA) is 75.1 Å². The van der Waals surface area contributed by atoms with E-state index in [1.165, 1.54) is 25.5 Å². The first-order chi connectivity index (χ1) is 12.2. The van der Waals surface area contributed by atoms with E-state index in [1.54, 1.807) is 0 Å². The van der Waals surface area contributed by atoms with Crippen molar-refractivity contribution in [3.63, 3.8) is 0 Å². The summed E-state index contributed by atoms with van der Waals surface area (Å²) < 4.78 is 39.2. The number of nitrogens with two attached hydrogens (primary N) is 1. The maximum absolute atomic E-state index is 13.1. The molecule has 3 atom stereocenters. The van der Waals surface area contributed by atoms with Gasteiger partial charge in [0.25, 0.3) is 0 Å². The van der Waals surface area contributed by atoms with E-state index in [9.17, 15) is 13.2 Å². The van der Waals surface area contributed by atoms with E-state index in [0.717, 1.165) is 18.2 Å². The summed E-state index contributed by atoms with van der Waals surface area (Å²) in [4.78, 5) is 8.45. The summed E-state index contributed by atoms with van der Waals surface area (Å²) in [5, 5.41) is 8.33. The fourth-order valence-corrected chi connectivity index (χ4v) is 4.09. The van der Waals surface area contributed by atoms with Crippen LogP contribution in [0.4, 0.5) is 19.0 Å². The zero-order chi connectivity index (χ0) is 19.1. The summed E-state index contributed by atoms with van der Waals surface area (Å²) in [5.41, 5.74) is 5.63. The summed E-state index contributed by atoms with van der Waals surface area (Å²) in [5.74, 6) is 1.16. The van der Waals surface area contributed by atoms with Gasteiger partial charge in [0.05, 0.1) is 5.56 Å². The van der Waals surface area contributed by atoms with Crippen LogP contribution in [0.3, 0.4) is 0 Å². The van der Waals surface area contributed by atoms with Crippen LogP contribution in [0, 0.1) is 23.2 Å². The van der Waals surface area contributed by atoms with Crippen LogP contribution in [0.2, 0.25) is 0 Å². The van der Waals surface area contributed by atoms with Crippen LogP contribution in [0.15, 0.2) is 17.3 Å². The highest BCUT2D eigenvalue weighted by atomic mass is 19.4. The molecule has 0 saturated heterocycles. The molecule has 0 spiro atoms. The van der Waals surface area contributed by atoms with Crippen LogP contribution in [-0.4, -0.2) is 22.4 Å². The van der Waals surface area contributed by atoms with Crippen molar-refractivity contribution in [1.29, 1.82) is 5.41 Å². The second-order valence-corrected chi connectivity index (χ2v) is 7.47. The molecule has 1 aromatic rings. The van der Waals surface area contributed by atoms with Crippen molar-refractivity contribution in [2.75, 3.05) is 5.73 Å². The monoisotopic (exact) mass is 366 g/mol. The van der Waals surface area contributed by atoms with Crippen molar-refractivity contribution in [2.45, 2.75) is 58.2 Å². The molecule has 2 saturated carbocycles. The summed E-state index contributed by atoms with van der Waals surface area (Å²) in [6.07, 6.45) is 1.51. The predicted octanol–water partition coefficient (Wildman–Crippen LogP) is 4.73. The number of aromatic nitrogens is 1. The maximum Gasteiger partial charge on any atom is 0.419 e. The van der Waals surface area contributed by atoms with Crippen molar-refractivity contribution >= 4 is 17.2 Å². The lowest BCUT2D eigenvalue weighted by Gasteiger charge is -2.14. The van der Waals surface area contributed by atoms with Gasteiger partial charge >= 0.3 is 6.18 Å². The zero-order valence-corrected chi connectivity index (χ0v) is 15.1. The molecule has 2 fully saturated rings. The first-order valence-electron chi connectivity index (χ1n) is 9.19. The number of nitrogens with zero attached hydrogens (tertiary/aromatic N) is 2. The summed E-state index contributed by atoms with van der Waals surface area (Å²) >= 11 is 0. The molecule has 0 radical (unpaired) electrons. The van der Waals surface area contributed by atoms with E-state index in [4.69, 9.17) is 16.1 Å². The largest absolute Gasteiger partial charge is 0.419 e. The lowest BCUT2D eigenvalue weighted by Crippen LogP contribution is -2.17. The molecule has 7 heteroatoms.